The molecule has 1 saturated heterocycles. The van der Waals surface area contributed by atoms with Crippen LogP contribution in [0, 0.1) is 0 Å². The van der Waals surface area contributed by atoms with Crippen LogP contribution in [0.5, 0.6) is 5.75 Å². The minimum Gasteiger partial charge on any atom is -0.488 e. The first-order chi connectivity index (χ1) is 10.9. The fraction of sp³-hybridized carbons (Fsp3) is 0.400. The molecular formula is C15H17NO7. The number of ether oxygens (including phenoxy) is 2. The van der Waals surface area contributed by atoms with Gasteiger partial charge in [-0.15, -0.1) is 0 Å². The smallest absolute Gasteiger partial charge is 0.410 e. The van der Waals surface area contributed by atoms with Gasteiger partial charge in [0.05, 0.1) is 18.7 Å². The predicted molar refractivity (Wildman–Crippen MR) is 77.6 cm³/mol. The fourth-order valence-corrected chi connectivity index (χ4v) is 2.39. The zero-order valence-corrected chi connectivity index (χ0v) is 12.5. The second kappa shape index (κ2) is 6.99. The maximum atomic E-state index is 11.8. The molecule has 0 radical (unpaired) electrons. The molecule has 1 heterocycles. The molecule has 124 valence electrons. The topological polar surface area (TPSA) is 113 Å². The SMILES string of the molecule is CCOC(=O)N1CC(Oc2ccc(C(=O)O)cc2)CC1C(=O)O. The number of likely N-dealkylation sites (tertiary alicyclic amines) is 1. The van der Waals surface area contributed by atoms with Gasteiger partial charge in [-0.25, -0.2) is 14.4 Å². The number of nitrogens with zero attached hydrogens (tertiary/aromatic N) is 1. The standard InChI is InChI=1S/C15H17NO7/c1-2-22-15(21)16-8-11(7-12(16)14(19)20)23-10-5-3-9(4-6-10)13(17)18/h3-6,11-12H,2,7-8H2,1H3,(H,17,18)(H,19,20). The molecule has 1 aliphatic heterocycles. The summed E-state index contributed by atoms with van der Waals surface area (Å²) in [5, 5.41) is 18.0. The third-order valence-electron chi connectivity index (χ3n) is 3.45. The number of aromatic carboxylic acids is 1. The summed E-state index contributed by atoms with van der Waals surface area (Å²) in [5.41, 5.74) is 0.125. The number of hydrogen-bond donors (Lipinski definition) is 2. The molecule has 2 N–H and O–H groups in total. The van der Waals surface area contributed by atoms with Gasteiger partial charge in [0.1, 0.15) is 17.9 Å². The Labute approximate surface area is 132 Å². The number of amides is 1. The van der Waals surface area contributed by atoms with Gasteiger partial charge >= 0.3 is 18.0 Å². The number of carboxylic acid groups (broad SMARTS) is 2. The predicted octanol–water partition coefficient (Wildman–Crippen LogP) is 1.45. The van der Waals surface area contributed by atoms with Crippen LogP contribution in [0.15, 0.2) is 24.3 Å². The highest BCUT2D eigenvalue weighted by molar-refractivity contribution is 5.87. The monoisotopic (exact) mass is 323 g/mol. The number of hydrogen-bond acceptors (Lipinski definition) is 5. The molecule has 2 unspecified atom stereocenters. The van der Waals surface area contributed by atoms with Crippen molar-refractivity contribution in [3.8, 4) is 5.75 Å². The highest BCUT2D eigenvalue weighted by atomic mass is 16.6. The first-order valence-electron chi connectivity index (χ1n) is 7.08. The molecule has 0 aliphatic carbocycles. The summed E-state index contributed by atoms with van der Waals surface area (Å²) in [6, 6.07) is 4.77. The average Bonchev–Trinajstić information content (AvgIpc) is 2.92. The number of carbonyl (C=O) groups is 3. The van der Waals surface area contributed by atoms with Gasteiger partial charge in [-0.1, -0.05) is 0 Å². The third-order valence-corrected chi connectivity index (χ3v) is 3.45. The van der Waals surface area contributed by atoms with Crippen LogP contribution in [0.25, 0.3) is 0 Å². The van der Waals surface area contributed by atoms with E-state index in [4.69, 9.17) is 14.6 Å². The number of carbonyl (C=O) groups excluding carboxylic acids is 1. The molecule has 0 aromatic heterocycles. The summed E-state index contributed by atoms with van der Waals surface area (Å²) >= 11 is 0. The van der Waals surface area contributed by atoms with E-state index in [1.807, 2.05) is 0 Å². The van der Waals surface area contributed by atoms with Gasteiger partial charge in [0, 0.05) is 6.42 Å². The van der Waals surface area contributed by atoms with Crippen LogP contribution in [-0.4, -0.2) is 58.4 Å². The van der Waals surface area contributed by atoms with Gasteiger partial charge in [-0.2, -0.15) is 0 Å². The van der Waals surface area contributed by atoms with E-state index in [0.29, 0.717) is 5.75 Å². The second-order valence-corrected chi connectivity index (χ2v) is 5.01. The molecule has 8 nitrogen and oxygen atoms in total. The molecular weight excluding hydrogens is 306 g/mol. The molecule has 1 amide bonds. The first kappa shape index (κ1) is 16.6. The van der Waals surface area contributed by atoms with Crippen LogP contribution in [0.4, 0.5) is 4.79 Å². The minimum absolute atomic E-state index is 0.0937. The van der Waals surface area contributed by atoms with Crippen LogP contribution < -0.4 is 4.74 Å². The molecule has 1 fully saturated rings. The van der Waals surface area contributed by atoms with Crippen LogP contribution in [0.1, 0.15) is 23.7 Å². The Kier molecular flexibility index (Phi) is 5.05. The Morgan fingerprint density at radius 3 is 2.39 bits per heavy atom. The molecule has 1 aromatic rings. The van der Waals surface area contributed by atoms with Gasteiger partial charge < -0.3 is 19.7 Å². The van der Waals surface area contributed by atoms with Gasteiger partial charge in [-0.3, -0.25) is 4.90 Å². The quantitative estimate of drug-likeness (QED) is 0.843. The average molecular weight is 323 g/mol. The van der Waals surface area contributed by atoms with Crippen molar-refractivity contribution in [1.29, 1.82) is 0 Å². The molecule has 2 atom stereocenters. The fourth-order valence-electron chi connectivity index (χ4n) is 2.39. The maximum Gasteiger partial charge on any atom is 0.410 e. The van der Waals surface area contributed by atoms with Crippen molar-refractivity contribution in [3.05, 3.63) is 29.8 Å². The Hall–Kier alpha value is -2.77. The van der Waals surface area contributed by atoms with E-state index in [1.165, 1.54) is 24.3 Å². The number of carboxylic acids is 2. The summed E-state index contributed by atoms with van der Waals surface area (Å²) in [7, 11) is 0. The van der Waals surface area contributed by atoms with E-state index in [2.05, 4.69) is 0 Å². The van der Waals surface area contributed by atoms with E-state index in [9.17, 15) is 19.5 Å². The number of aliphatic carboxylic acids is 1. The van der Waals surface area contributed by atoms with Gasteiger partial charge in [0.2, 0.25) is 0 Å². The molecule has 1 aliphatic rings. The number of rotatable bonds is 5. The Morgan fingerprint density at radius 1 is 1.22 bits per heavy atom. The van der Waals surface area contributed by atoms with E-state index in [1.54, 1.807) is 6.92 Å². The summed E-state index contributed by atoms with van der Waals surface area (Å²) < 4.78 is 10.5. The van der Waals surface area contributed by atoms with Crippen molar-refractivity contribution in [1.82, 2.24) is 4.90 Å². The van der Waals surface area contributed by atoms with Crippen molar-refractivity contribution in [2.24, 2.45) is 0 Å². The van der Waals surface area contributed by atoms with Crippen molar-refractivity contribution >= 4 is 18.0 Å². The summed E-state index contributed by atoms with van der Waals surface area (Å²) in [6.45, 7) is 1.89. The lowest BCUT2D eigenvalue weighted by atomic mass is 10.2. The Morgan fingerprint density at radius 2 is 1.87 bits per heavy atom. The normalized spacial score (nSPS) is 20.1. The molecule has 8 heteroatoms. The zero-order valence-electron chi connectivity index (χ0n) is 12.5. The lowest BCUT2D eigenvalue weighted by molar-refractivity contribution is -0.141. The molecule has 0 bridgehead atoms. The van der Waals surface area contributed by atoms with E-state index >= 15 is 0 Å². The van der Waals surface area contributed by atoms with Crippen LogP contribution in [0.3, 0.4) is 0 Å². The summed E-state index contributed by atoms with van der Waals surface area (Å²) in [6.07, 6.45) is -1.06. The lowest BCUT2D eigenvalue weighted by Gasteiger charge is -2.20. The summed E-state index contributed by atoms with van der Waals surface area (Å²) in [4.78, 5) is 35.0. The largest absolute Gasteiger partial charge is 0.488 e. The van der Waals surface area contributed by atoms with Crippen molar-refractivity contribution in [3.63, 3.8) is 0 Å². The second-order valence-electron chi connectivity index (χ2n) is 5.01. The molecule has 0 saturated carbocycles. The van der Waals surface area contributed by atoms with Crippen LogP contribution in [-0.2, 0) is 9.53 Å². The van der Waals surface area contributed by atoms with Crippen molar-refractivity contribution in [2.75, 3.05) is 13.2 Å². The van der Waals surface area contributed by atoms with Gasteiger partial charge in [0.25, 0.3) is 0 Å². The maximum absolute atomic E-state index is 11.8. The molecule has 2 rings (SSSR count). The Bertz CT molecular complexity index is 598. The zero-order chi connectivity index (χ0) is 17.0. The minimum atomic E-state index is -1.12. The van der Waals surface area contributed by atoms with Crippen LogP contribution in [0.2, 0.25) is 0 Å². The van der Waals surface area contributed by atoms with Crippen LogP contribution >= 0.6 is 0 Å². The third kappa shape index (κ3) is 3.91. The number of benzene rings is 1. The highest BCUT2D eigenvalue weighted by Crippen LogP contribution is 2.24. The lowest BCUT2D eigenvalue weighted by Crippen LogP contribution is -2.41. The Balaban J connectivity index is 2.05. The van der Waals surface area contributed by atoms with Gasteiger partial charge in [-0.05, 0) is 31.2 Å². The van der Waals surface area contributed by atoms with E-state index < -0.39 is 30.2 Å². The van der Waals surface area contributed by atoms with Crippen molar-refractivity contribution < 1.29 is 34.1 Å². The van der Waals surface area contributed by atoms with Gasteiger partial charge in [0.15, 0.2) is 0 Å². The molecule has 23 heavy (non-hydrogen) atoms. The van der Waals surface area contributed by atoms with E-state index in [-0.39, 0.29) is 25.1 Å². The molecule has 0 spiro atoms. The summed E-state index contributed by atoms with van der Waals surface area (Å²) in [5.74, 6) is -1.75. The van der Waals surface area contributed by atoms with E-state index in [0.717, 1.165) is 4.90 Å². The first-order valence-corrected chi connectivity index (χ1v) is 7.08. The molecule has 1 aromatic carbocycles. The van der Waals surface area contributed by atoms with Crippen molar-refractivity contribution in [2.45, 2.75) is 25.5 Å². The highest BCUT2D eigenvalue weighted by Gasteiger charge is 2.41.